The second-order valence-electron chi connectivity index (χ2n) is 7.45. The van der Waals surface area contributed by atoms with E-state index < -0.39 is 5.63 Å². The van der Waals surface area contributed by atoms with E-state index in [-0.39, 0.29) is 23.6 Å². The Labute approximate surface area is 151 Å². The molecule has 1 aliphatic carbocycles. The molecule has 0 aromatic carbocycles. The minimum atomic E-state index is -0.526. The summed E-state index contributed by atoms with van der Waals surface area (Å²) in [4.78, 5) is 40.4. The van der Waals surface area contributed by atoms with Gasteiger partial charge in [0.15, 0.2) is 0 Å². The number of rotatable bonds is 3. The summed E-state index contributed by atoms with van der Waals surface area (Å²) < 4.78 is 10.4. The largest absolute Gasteiger partial charge is 0.448 e. The third-order valence-electron chi connectivity index (χ3n) is 5.87. The van der Waals surface area contributed by atoms with Gasteiger partial charge in [-0.05, 0) is 44.2 Å². The van der Waals surface area contributed by atoms with E-state index in [1.807, 2.05) is 6.07 Å². The van der Waals surface area contributed by atoms with E-state index in [1.165, 1.54) is 0 Å². The number of aryl methyl sites for hydroxylation is 1. The van der Waals surface area contributed by atoms with E-state index in [4.69, 9.17) is 9.15 Å². The van der Waals surface area contributed by atoms with Crippen LogP contribution < -0.4 is 5.63 Å². The van der Waals surface area contributed by atoms with Crippen molar-refractivity contribution in [3.05, 3.63) is 33.4 Å². The fourth-order valence-electron chi connectivity index (χ4n) is 4.06. The van der Waals surface area contributed by atoms with Crippen LogP contribution in [0.25, 0.3) is 0 Å². The lowest BCUT2D eigenvalue weighted by atomic mass is 9.83. The number of hydrogen-bond donors (Lipinski definition) is 0. The summed E-state index contributed by atoms with van der Waals surface area (Å²) in [6, 6.07) is 1.96. The molecule has 1 aromatic rings. The third kappa shape index (κ3) is 2.99. The normalized spacial score (nSPS) is 21.7. The van der Waals surface area contributed by atoms with Gasteiger partial charge in [0.25, 0.3) is 5.91 Å². The molecule has 1 saturated carbocycles. The Morgan fingerprint density at radius 1 is 1.12 bits per heavy atom. The Bertz CT molecular complexity index is 775. The summed E-state index contributed by atoms with van der Waals surface area (Å²) in [6.07, 6.45) is 4.38. The van der Waals surface area contributed by atoms with Gasteiger partial charge >= 0.3 is 11.7 Å². The van der Waals surface area contributed by atoms with Gasteiger partial charge in [-0.3, -0.25) is 4.79 Å². The van der Waals surface area contributed by atoms with Gasteiger partial charge in [0.2, 0.25) is 0 Å². The standard InChI is InChI=1S/C19H24N2O5/c1-12-11-15(13-3-2-4-13)26-18(23)16(12)17(22)20-7-5-14(6-8-20)21-9-10-25-19(21)24/h11,13-14H,2-10H2,1H3. The highest BCUT2D eigenvalue weighted by atomic mass is 16.6. The van der Waals surface area contributed by atoms with Gasteiger partial charge in [-0.25, -0.2) is 9.59 Å². The molecular formula is C19H24N2O5. The molecule has 3 aliphatic rings. The molecule has 3 fully saturated rings. The number of hydrogen-bond acceptors (Lipinski definition) is 5. The minimum Gasteiger partial charge on any atom is -0.448 e. The summed E-state index contributed by atoms with van der Waals surface area (Å²) >= 11 is 0. The van der Waals surface area contributed by atoms with Crippen LogP contribution >= 0.6 is 0 Å². The first-order valence-corrected chi connectivity index (χ1v) is 9.42. The smallest absolute Gasteiger partial charge is 0.410 e. The molecular weight excluding hydrogens is 336 g/mol. The van der Waals surface area contributed by atoms with Crippen molar-refractivity contribution in [1.29, 1.82) is 0 Å². The van der Waals surface area contributed by atoms with Gasteiger partial charge in [-0.15, -0.1) is 0 Å². The summed E-state index contributed by atoms with van der Waals surface area (Å²) in [5, 5.41) is 0. The second kappa shape index (κ2) is 6.78. The Hall–Kier alpha value is -2.31. The van der Waals surface area contributed by atoms with Crippen molar-refractivity contribution in [2.75, 3.05) is 26.2 Å². The summed E-state index contributed by atoms with van der Waals surface area (Å²) in [5.41, 5.74) is 0.313. The fraction of sp³-hybridized carbons (Fsp3) is 0.632. The summed E-state index contributed by atoms with van der Waals surface area (Å²) in [6.45, 7) is 3.90. The molecule has 0 bridgehead atoms. The van der Waals surface area contributed by atoms with E-state index in [2.05, 4.69) is 0 Å². The lowest BCUT2D eigenvalue weighted by molar-refractivity contribution is 0.0652. The first-order valence-electron chi connectivity index (χ1n) is 9.42. The van der Waals surface area contributed by atoms with Crippen LogP contribution in [0.4, 0.5) is 4.79 Å². The van der Waals surface area contributed by atoms with Crippen molar-refractivity contribution in [2.24, 2.45) is 0 Å². The van der Waals surface area contributed by atoms with Gasteiger partial charge in [-0.1, -0.05) is 6.42 Å². The van der Waals surface area contributed by atoms with Crippen LogP contribution in [0, 0.1) is 6.92 Å². The third-order valence-corrected chi connectivity index (χ3v) is 5.87. The lowest BCUT2D eigenvalue weighted by Gasteiger charge is -2.35. The highest BCUT2D eigenvalue weighted by Gasteiger charge is 2.34. The SMILES string of the molecule is Cc1cc(C2CCC2)oc(=O)c1C(=O)N1CCC(N2CCOC2=O)CC1. The number of carbonyl (C=O) groups is 2. The molecule has 1 aromatic heterocycles. The van der Waals surface area contributed by atoms with E-state index in [0.717, 1.165) is 19.3 Å². The molecule has 7 nitrogen and oxygen atoms in total. The molecule has 3 heterocycles. The van der Waals surface area contributed by atoms with Crippen LogP contribution in [0.2, 0.25) is 0 Å². The lowest BCUT2D eigenvalue weighted by Crippen LogP contribution is -2.47. The zero-order valence-electron chi connectivity index (χ0n) is 15.0. The maximum absolute atomic E-state index is 12.9. The molecule has 26 heavy (non-hydrogen) atoms. The molecule has 0 unspecified atom stereocenters. The Balaban J connectivity index is 1.45. The van der Waals surface area contributed by atoms with Crippen molar-refractivity contribution in [2.45, 2.75) is 51.0 Å². The number of likely N-dealkylation sites (tertiary alicyclic amines) is 1. The Morgan fingerprint density at radius 3 is 2.38 bits per heavy atom. The van der Waals surface area contributed by atoms with Crippen molar-refractivity contribution in [3.8, 4) is 0 Å². The molecule has 0 N–H and O–H groups in total. The number of ether oxygens (including phenoxy) is 1. The average Bonchev–Trinajstić information content (AvgIpc) is 2.99. The first-order chi connectivity index (χ1) is 12.5. The quantitative estimate of drug-likeness (QED) is 0.826. The van der Waals surface area contributed by atoms with Gasteiger partial charge in [0, 0.05) is 25.0 Å². The number of carbonyl (C=O) groups excluding carboxylic acids is 2. The molecule has 2 amide bonds. The zero-order valence-corrected chi connectivity index (χ0v) is 15.0. The molecule has 4 rings (SSSR count). The fourth-order valence-corrected chi connectivity index (χ4v) is 4.06. The predicted octanol–water partition coefficient (Wildman–Crippen LogP) is 2.27. The van der Waals surface area contributed by atoms with E-state index in [9.17, 15) is 14.4 Å². The predicted molar refractivity (Wildman–Crippen MR) is 93.3 cm³/mol. The van der Waals surface area contributed by atoms with Crippen LogP contribution in [0.5, 0.6) is 0 Å². The van der Waals surface area contributed by atoms with Crippen LogP contribution in [-0.2, 0) is 4.74 Å². The zero-order chi connectivity index (χ0) is 18.3. The van der Waals surface area contributed by atoms with E-state index in [0.29, 0.717) is 56.3 Å². The van der Waals surface area contributed by atoms with Crippen LogP contribution in [0.1, 0.15) is 59.7 Å². The number of nitrogens with zero attached hydrogens (tertiary/aromatic N) is 2. The van der Waals surface area contributed by atoms with Gasteiger partial charge in [0.1, 0.15) is 17.9 Å². The summed E-state index contributed by atoms with van der Waals surface area (Å²) in [7, 11) is 0. The first kappa shape index (κ1) is 17.1. The molecule has 2 saturated heterocycles. The number of piperidine rings is 1. The minimum absolute atomic E-state index is 0.104. The maximum atomic E-state index is 12.9. The molecule has 140 valence electrons. The van der Waals surface area contributed by atoms with Gasteiger partial charge in [-0.2, -0.15) is 0 Å². The highest BCUT2D eigenvalue weighted by Crippen LogP contribution is 2.36. The second-order valence-corrected chi connectivity index (χ2v) is 7.45. The molecule has 0 atom stereocenters. The van der Waals surface area contributed by atoms with Crippen LogP contribution in [0.3, 0.4) is 0 Å². The van der Waals surface area contributed by atoms with E-state index >= 15 is 0 Å². The van der Waals surface area contributed by atoms with Crippen LogP contribution in [0.15, 0.2) is 15.3 Å². The number of cyclic esters (lactones) is 1. The topological polar surface area (TPSA) is 80.1 Å². The number of amides is 2. The molecule has 2 aliphatic heterocycles. The Morgan fingerprint density at radius 2 is 1.85 bits per heavy atom. The van der Waals surface area contributed by atoms with Gasteiger partial charge in [0.05, 0.1) is 6.54 Å². The molecule has 0 spiro atoms. The van der Waals surface area contributed by atoms with E-state index in [1.54, 1.807) is 16.7 Å². The monoisotopic (exact) mass is 360 g/mol. The highest BCUT2D eigenvalue weighted by molar-refractivity contribution is 5.95. The summed E-state index contributed by atoms with van der Waals surface area (Å²) in [5.74, 6) is 0.766. The average molecular weight is 360 g/mol. The molecule has 0 radical (unpaired) electrons. The Kier molecular flexibility index (Phi) is 4.46. The van der Waals surface area contributed by atoms with Gasteiger partial charge < -0.3 is 19.0 Å². The molecule has 7 heteroatoms. The van der Waals surface area contributed by atoms with Crippen molar-refractivity contribution in [1.82, 2.24) is 9.80 Å². The van der Waals surface area contributed by atoms with Crippen molar-refractivity contribution < 1.29 is 18.7 Å². The van der Waals surface area contributed by atoms with Crippen LogP contribution in [-0.4, -0.2) is 54.1 Å². The van der Waals surface area contributed by atoms with Crippen molar-refractivity contribution in [3.63, 3.8) is 0 Å². The maximum Gasteiger partial charge on any atom is 0.410 e. The van der Waals surface area contributed by atoms with Crippen molar-refractivity contribution >= 4 is 12.0 Å².